The van der Waals surface area contributed by atoms with Crippen molar-refractivity contribution in [1.82, 2.24) is 4.57 Å². The van der Waals surface area contributed by atoms with Gasteiger partial charge in [-0.05, 0) is 51.3 Å². The Morgan fingerprint density at radius 1 is 1.33 bits per heavy atom. The van der Waals surface area contributed by atoms with Gasteiger partial charge in [-0.1, -0.05) is 6.07 Å². The molecule has 1 aromatic carbocycles. The van der Waals surface area contributed by atoms with Crippen LogP contribution in [-0.2, 0) is 11.3 Å². The monoisotopic (exact) mass is 372 g/mol. The van der Waals surface area contributed by atoms with Crippen LogP contribution in [0, 0.1) is 30.9 Å². The summed E-state index contributed by atoms with van der Waals surface area (Å²) in [5.74, 6) is -0.0938. The van der Waals surface area contributed by atoms with Crippen molar-refractivity contribution < 1.29 is 19.2 Å². The highest BCUT2D eigenvalue weighted by Crippen LogP contribution is 2.28. The molecule has 7 heteroatoms. The van der Waals surface area contributed by atoms with E-state index >= 15 is 0 Å². The molecule has 1 aliphatic rings. The second-order valence-corrected chi connectivity index (χ2v) is 6.97. The van der Waals surface area contributed by atoms with Gasteiger partial charge in [-0.25, -0.2) is 0 Å². The third-order valence-corrected chi connectivity index (χ3v) is 4.95. The summed E-state index contributed by atoms with van der Waals surface area (Å²) >= 11 is 0. The minimum absolute atomic E-state index is 0.104. The SMILES string of the molecule is Cc1ccc(OCC(=O)c2cc(C)n(C[C@@H]3CCCO3)c2C)c([N+](=O)[O-])c1. The first kappa shape index (κ1) is 19.1. The molecule has 0 radical (unpaired) electrons. The van der Waals surface area contributed by atoms with E-state index in [0.29, 0.717) is 5.56 Å². The van der Waals surface area contributed by atoms with Gasteiger partial charge in [0.15, 0.2) is 12.4 Å². The van der Waals surface area contributed by atoms with Crippen LogP contribution in [0.1, 0.15) is 40.2 Å². The molecule has 1 aromatic heterocycles. The number of rotatable bonds is 7. The Hall–Kier alpha value is -2.67. The number of ketones is 1. The van der Waals surface area contributed by atoms with Gasteiger partial charge in [0.2, 0.25) is 5.78 Å². The van der Waals surface area contributed by atoms with Crippen LogP contribution in [0.2, 0.25) is 0 Å². The number of nitro groups is 1. The van der Waals surface area contributed by atoms with Gasteiger partial charge >= 0.3 is 5.69 Å². The molecular weight excluding hydrogens is 348 g/mol. The lowest BCUT2D eigenvalue weighted by Crippen LogP contribution is -2.18. The number of hydrogen-bond donors (Lipinski definition) is 0. The molecule has 27 heavy (non-hydrogen) atoms. The van der Waals surface area contributed by atoms with E-state index in [-0.39, 0.29) is 29.9 Å². The Labute approximate surface area is 158 Å². The van der Waals surface area contributed by atoms with Crippen molar-refractivity contribution in [2.75, 3.05) is 13.2 Å². The highest BCUT2D eigenvalue weighted by molar-refractivity contribution is 5.98. The van der Waals surface area contributed by atoms with Gasteiger partial charge in [0, 0.05) is 36.2 Å². The maximum atomic E-state index is 12.7. The van der Waals surface area contributed by atoms with Crippen LogP contribution in [-0.4, -0.2) is 34.6 Å². The second-order valence-electron chi connectivity index (χ2n) is 6.97. The molecule has 2 aromatic rings. The minimum atomic E-state index is -0.500. The maximum Gasteiger partial charge on any atom is 0.311 e. The number of Topliss-reactive ketones (excluding diaryl/α,β-unsaturated/α-hetero) is 1. The van der Waals surface area contributed by atoms with Crippen LogP contribution >= 0.6 is 0 Å². The van der Waals surface area contributed by atoms with Crippen molar-refractivity contribution in [3.8, 4) is 5.75 Å². The fourth-order valence-corrected chi connectivity index (χ4v) is 3.47. The van der Waals surface area contributed by atoms with Crippen molar-refractivity contribution in [3.05, 3.63) is 56.9 Å². The Balaban J connectivity index is 1.73. The minimum Gasteiger partial charge on any atom is -0.478 e. The van der Waals surface area contributed by atoms with Crippen LogP contribution < -0.4 is 4.74 Å². The summed E-state index contributed by atoms with van der Waals surface area (Å²) in [5, 5.41) is 11.2. The number of nitro benzene ring substituents is 1. The molecular formula is C20H24N2O5. The number of hydrogen-bond acceptors (Lipinski definition) is 5. The van der Waals surface area contributed by atoms with Gasteiger partial charge < -0.3 is 14.0 Å². The largest absolute Gasteiger partial charge is 0.478 e. The molecule has 7 nitrogen and oxygen atoms in total. The zero-order chi connectivity index (χ0) is 19.6. The quantitative estimate of drug-likeness (QED) is 0.420. The molecule has 0 N–H and O–H groups in total. The predicted octanol–water partition coefficient (Wildman–Crippen LogP) is 3.76. The molecule has 1 saturated heterocycles. The third-order valence-electron chi connectivity index (χ3n) is 4.95. The molecule has 144 valence electrons. The Bertz CT molecular complexity index is 865. The summed E-state index contributed by atoms with van der Waals surface area (Å²) < 4.78 is 13.3. The van der Waals surface area contributed by atoms with E-state index in [9.17, 15) is 14.9 Å². The van der Waals surface area contributed by atoms with Crippen LogP contribution in [0.4, 0.5) is 5.69 Å². The molecule has 1 fully saturated rings. The average molecular weight is 372 g/mol. The Morgan fingerprint density at radius 3 is 2.78 bits per heavy atom. The van der Waals surface area contributed by atoms with Crippen LogP contribution in [0.3, 0.4) is 0 Å². The zero-order valence-corrected chi connectivity index (χ0v) is 15.9. The van der Waals surface area contributed by atoms with Crippen LogP contribution in [0.15, 0.2) is 24.3 Å². The highest BCUT2D eigenvalue weighted by atomic mass is 16.6. The van der Waals surface area contributed by atoms with E-state index in [1.165, 1.54) is 12.1 Å². The van der Waals surface area contributed by atoms with Crippen molar-refractivity contribution in [3.63, 3.8) is 0 Å². The number of carbonyl (C=O) groups is 1. The number of benzene rings is 1. The molecule has 0 amide bonds. The molecule has 0 spiro atoms. The standard InChI is InChI=1S/C20H24N2O5/c1-13-6-7-20(18(9-13)22(24)25)27-12-19(23)17-10-14(2)21(15(17)3)11-16-5-4-8-26-16/h6-7,9-10,16H,4-5,8,11-12H2,1-3H3/t16-/m0/s1. The van der Waals surface area contributed by atoms with Crippen molar-refractivity contribution in [1.29, 1.82) is 0 Å². The molecule has 3 rings (SSSR count). The fraction of sp³-hybridized carbons (Fsp3) is 0.450. The van der Waals surface area contributed by atoms with E-state index in [4.69, 9.17) is 9.47 Å². The van der Waals surface area contributed by atoms with Gasteiger partial charge in [0.05, 0.1) is 11.0 Å². The topological polar surface area (TPSA) is 83.6 Å². The Morgan fingerprint density at radius 2 is 2.11 bits per heavy atom. The second kappa shape index (κ2) is 7.92. The molecule has 1 atom stereocenters. The van der Waals surface area contributed by atoms with Crippen molar-refractivity contribution in [2.45, 2.75) is 46.3 Å². The van der Waals surface area contributed by atoms with E-state index in [0.717, 1.165) is 42.9 Å². The number of carbonyl (C=O) groups excluding carboxylic acids is 1. The summed E-state index contributed by atoms with van der Waals surface area (Å²) in [5.41, 5.74) is 3.08. The average Bonchev–Trinajstić information content (AvgIpc) is 3.24. The first-order chi connectivity index (χ1) is 12.9. The van der Waals surface area contributed by atoms with E-state index in [1.807, 2.05) is 19.9 Å². The van der Waals surface area contributed by atoms with Gasteiger partial charge in [0.1, 0.15) is 0 Å². The van der Waals surface area contributed by atoms with Gasteiger partial charge in [0.25, 0.3) is 0 Å². The summed E-state index contributed by atoms with van der Waals surface area (Å²) in [6, 6.07) is 6.54. The van der Waals surface area contributed by atoms with Gasteiger partial charge in [-0.15, -0.1) is 0 Å². The third kappa shape index (κ3) is 4.19. The van der Waals surface area contributed by atoms with Gasteiger partial charge in [-0.3, -0.25) is 14.9 Å². The number of nitrogens with zero attached hydrogens (tertiary/aromatic N) is 2. The lowest BCUT2D eigenvalue weighted by Gasteiger charge is -2.14. The molecule has 0 bridgehead atoms. The molecule has 0 saturated carbocycles. The lowest BCUT2D eigenvalue weighted by atomic mass is 10.1. The number of aromatic nitrogens is 1. The lowest BCUT2D eigenvalue weighted by molar-refractivity contribution is -0.385. The smallest absolute Gasteiger partial charge is 0.311 e. The maximum absolute atomic E-state index is 12.7. The van der Waals surface area contributed by atoms with Crippen LogP contribution in [0.5, 0.6) is 5.75 Å². The van der Waals surface area contributed by atoms with Gasteiger partial charge in [-0.2, -0.15) is 0 Å². The first-order valence-corrected chi connectivity index (χ1v) is 9.06. The Kier molecular flexibility index (Phi) is 5.60. The van der Waals surface area contributed by atoms with Crippen molar-refractivity contribution in [2.24, 2.45) is 0 Å². The molecule has 0 aliphatic carbocycles. The predicted molar refractivity (Wildman–Crippen MR) is 101 cm³/mol. The van der Waals surface area contributed by atoms with E-state index in [1.54, 1.807) is 13.0 Å². The highest BCUT2D eigenvalue weighted by Gasteiger charge is 2.22. The van der Waals surface area contributed by atoms with E-state index in [2.05, 4.69) is 4.57 Å². The molecule has 0 unspecified atom stereocenters. The molecule has 1 aliphatic heterocycles. The summed E-state index contributed by atoms with van der Waals surface area (Å²) in [4.78, 5) is 23.3. The summed E-state index contributed by atoms with van der Waals surface area (Å²) in [6.07, 6.45) is 2.28. The fourth-order valence-electron chi connectivity index (χ4n) is 3.47. The van der Waals surface area contributed by atoms with E-state index < -0.39 is 4.92 Å². The normalized spacial score (nSPS) is 16.5. The summed E-state index contributed by atoms with van der Waals surface area (Å²) in [7, 11) is 0. The van der Waals surface area contributed by atoms with Crippen molar-refractivity contribution >= 4 is 11.5 Å². The number of aryl methyl sites for hydroxylation is 2. The van der Waals surface area contributed by atoms with Crippen LogP contribution in [0.25, 0.3) is 0 Å². The summed E-state index contributed by atoms with van der Waals surface area (Å²) in [6.45, 7) is 6.92. The first-order valence-electron chi connectivity index (χ1n) is 9.06. The number of ether oxygens (including phenoxy) is 2. The molecule has 2 heterocycles. The zero-order valence-electron chi connectivity index (χ0n) is 15.9.